The molecule has 1 aromatic carbocycles. The summed E-state index contributed by atoms with van der Waals surface area (Å²) in [6.07, 6.45) is 6.83. The van der Waals surface area contributed by atoms with E-state index in [1.54, 1.807) is 0 Å². The molecule has 1 saturated carbocycles. The van der Waals surface area contributed by atoms with E-state index in [0.717, 1.165) is 22.7 Å². The van der Waals surface area contributed by atoms with Crippen molar-refractivity contribution in [2.24, 2.45) is 11.3 Å². The molecule has 3 heteroatoms. The fourth-order valence-electron chi connectivity index (χ4n) is 3.83. The van der Waals surface area contributed by atoms with Gasteiger partial charge in [0.1, 0.15) is 5.75 Å². The summed E-state index contributed by atoms with van der Waals surface area (Å²) in [5.41, 5.74) is 1.84. The quantitative estimate of drug-likeness (QED) is 0.887. The first-order valence-electron chi connectivity index (χ1n) is 7.77. The van der Waals surface area contributed by atoms with Crippen molar-refractivity contribution < 1.29 is 4.74 Å². The van der Waals surface area contributed by atoms with Gasteiger partial charge in [-0.3, -0.25) is 0 Å². The zero-order valence-corrected chi connectivity index (χ0v) is 13.8. The van der Waals surface area contributed by atoms with Gasteiger partial charge < -0.3 is 10.1 Å². The van der Waals surface area contributed by atoms with Crippen LogP contribution < -0.4 is 10.1 Å². The maximum absolute atomic E-state index is 6.09. The number of ether oxygens (including phenoxy) is 1. The highest BCUT2D eigenvalue weighted by atomic mass is 79.9. The third kappa shape index (κ3) is 3.04. The van der Waals surface area contributed by atoms with Gasteiger partial charge in [0, 0.05) is 10.0 Å². The molecule has 3 rings (SSSR count). The Balaban J connectivity index is 1.56. The SMILES string of the molecule is Cc1c(Br)cccc1OC[C@@H]1CCC2(CCNCC2)C1. The standard InChI is InChI=1S/C17H24BrNO/c1-13-15(18)3-2-4-16(13)20-12-14-5-6-17(11-14)7-9-19-10-8-17/h2-4,14,19H,5-12H2,1H3/t14-/m1/s1. The van der Waals surface area contributed by atoms with Gasteiger partial charge in [-0.05, 0) is 75.6 Å². The van der Waals surface area contributed by atoms with Gasteiger partial charge in [0.15, 0.2) is 0 Å². The molecule has 1 heterocycles. The van der Waals surface area contributed by atoms with E-state index in [9.17, 15) is 0 Å². The molecule has 1 atom stereocenters. The van der Waals surface area contributed by atoms with Crippen molar-refractivity contribution in [3.63, 3.8) is 0 Å². The van der Waals surface area contributed by atoms with E-state index in [1.165, 1.54) is 50.8 Å². The minimum absolute atomic E-state index is 0.631. The van der Waals surface area contributed by atoms with Gasteiger partial charge in [0.05, 0.1) is 6.61 Å². The Morgan fingerprint density at radius 1 is 1.30 bits per heavy atom. The van der Waals surface area contributed by atoms with E-state index < -0.39 is 0 Å². The molecule has 20 heavy (non-hydrogen) atoms. The van der Waals surface area contributed by atoms with Gasteiger partial charge in [-0.15, -0.1) is 0 Å². The van der Waals surface area contributed by atoms with E-state index in [2.05, 4.69) is 46.4 Å². The molecule has 1 saturated heterocycles. The molecule has 1 N–H and O–H groups in total. The summed E-state index contributed by atoms with van der Waals surface area (Å²) in [7, 11) is 0. The fraction of sp³-hybridized carbons (Fsp3) is 0.647. The molecular formula is C17H24BrNO. The molecule has 0 amide bonds. The Kier molecular flexibility index (Phi) is 4.37. The van der Waals surface area contributed by atoms with Crippen LogP contribution in [-0.4, -0.2) is 19.7 Å². The maximum atomic E-state index is 6.09. The van der Waals surface area contributed by atoms with E-state index in [1.807, 2.05) is 0 Å². The normalized spacial score (nSPS) is 25.0. The third-order valence-corrected chi connectivity index (χ3v) is 6.02. The van der Waals surface area contributed by atoms with Gasteiger partial charge in [-0.1, -0.05) is 22.0 Å². The van der Waals surface area contributed by atoms with Crippen LogP contribution in [0.1, 0.15) is 37.7 Å². The molecule has 2 aliphatic rings. The highest BCUT2D eigenvalue weighted by Gasteiger charge is 2.39. The first-order valence-corrected chi connectivity index (χ1v) is 8.56. The third-order valence-electron chi connectivity index (χ3n) is 5.16. The Morgan fingerprint density at radius 2 is 2.10 bits per heavy atom. The Labute approximate surface area is 130 Å². The second-order valence-corrected chi connectivity index (χ2v) is 7.39. The number of nitrogens with one attached hydrogen (secondary N) is 1. The zero-order chi connectivity index (χ0) is 14.0. The van der Waals surface area contributed by atoms with E-state index in [0.29, 0.717) is 5.41 Å². The molecule has 1 spiro atoms. The highest BCUT2D eigenvalue weighted by molar-refractivity contribution is 9.10. The van der Waals surface area contributed by atoms with Crippen molar-refractivity contribution in [2.45, 2.75) is 39.0 Å². The lowest BCUT2D eigenvalue weighted by atomic mass is 9.77. The van der Waals surface area contributed by atoms with Crippen LogP contribution in [-0.2, 0) is 0 Å². The Morgan fingerprint density at radius 3 is 2.90 bits per heavy atom. The summed E-state index contributed by atoms with van der Waals surface area (Å²) in [4.78, 5) is 0. The lowest BCUT2D eigenvalue weighted by molar-refractivity contribution is 0.183. The molecule has 0 bridgehead atoms. The first kappa shape index (κ1) is 14.4. The van der Waals surface area contributed by atoms with Crippen molar-refractivity contribution in [2.75, 3.05) is 19.7 Å². The van der Waals surface area contributed by atoms with Crippen LogP contribution in [0.15, 0.2) is 22.7 Å². The summed E-state index contributed by atoms with van der Waals surface area (Å²) in [6, 6.07) is 6.20. The predicted molar refractivity (Wildman–Crippen MR) is 86.3 cm³/mol. The Bertz CT molecular complexity index is 468. The van der Waals surface area contributed by atoms with Crippen LogP contribution >= 0.6 is 15.9 Å². The second-order valence-electron chi connectivity index (χ2n) is 6.53. The number of halogens is 1. The molecular weight excluding hydrogens is 314 g/mol. The number of hydrogen-bond acceptors (Lipinski definition) is 2. The highest BCUT2D eigenvalue weighted by Crippen LogP contribution is 2.47. The largest absolute Gasteiger partial charge is 0.493 e. The summed E-state index contributed by atoms with van der Waals surface area (Å²) in [6.45, 7) is 5.41. The van der Waals surface area contributed by atoms with Gasteiger partial charge in [-0.2, -0.15) is 0 Å². The van der Waals surface area contributed by atoms with Crippen molar-refractivity contribution >= 4 is 15.9 Å². The van der Waals surface area contributed by atoms with Crippen LogP contribution in [0.4, 0.5) is 0 Å². The predicted octanol–water partition coefficient (Wildman–Crippen LogP) is 4.31. The van der Waals surface area contributed by atoms with Crippen LogP contribution in [0, 0.1) is 18.3 Å². The second kappa shape index (κ2) is 6.07. The van der Waals surface area contributed by atoms with Crippen LogP contribution in [0.5, 0.6) is 5.75 Å². The summed E-state index contributed by atoms with van der Waals surface area (Å²) >= 11 is 3.57. The lowest BCUT2D eigenvalue weighted by Gasteiger charge is -2.34. The van der Waals surface area contributed by atoms with Gasteiger partial charge in [-0.25, -0.2) is 0 Å². The van der Waals surface area contributed by atoms with Crippen molar-refractivity contribution in [3.05, 3.63) is 28.2 Å². The summed E-state index contributed by atoms with van der Waals surface area (Å²) < 4.78 is 7.23. The average Bonchev–Trinajstić information content (AvgIpc) is 2.84. The lowest BCUT2D eigenvalue weighted by Crippen LogP contribution is -2.35. The number of benzene rings is 1. The molecule has 110 valence electrons. The molecule has 0 radical (unpaired) electrons. The minimum Gasteiger partial charge on any atom is -0.493 e. The van der Waals surface area contributed by atoms with Gasteiger partial charge in [0.25, 0.3) is 0 Å². The molecule has 0 aromatic heterocycles. The molecule has 2 nitrogen and oxygen atoms in total. The molecule has 2 fully saturated rings. The summed E-state index contributed by atoms with van der Waals surface area (Å²) in [5.74, 6) is 1.78. The zero-order valence-electron chi connectivity index (χ0n) is 12.3. The van der Waals surface area contributed by atoms with Crippen molar-refractivity contribution in [1.82, 2.24) is 5.32 Å². The summed E-state index contributed by atoms with van der Waals surface area (Å²) in [5, 5.41) is 3.49. The topological polar surface area (TPSA) is 21.3 Å². The maximum Gasteiger partial charge on any atom is 0.123 e. The van der Waals surface area contributed by atoms with Crippen LogP contribution in [0.25, 0.3) is 0 Å². The first-order chi connectivity index (χ1) is 9.69. The number of piperidine rings is 1. The van der Waals surface area contributed by atoms with E-state index in [-0.39, 0.29) is 0 Å². The fourth-order valence-corrected chi connectivity index (χ4v) is 4.18. The number of hydrogen-bond donors (Lipinski definition) is 1. The monoisotopic (exact) mass is 337 g/mol. The Hall–Kier alpha value is -0.540. The van der Waals surface area contributed by atoms with E-state index in [4.69, 9.17) is 4.74 Å². The van der Waals surface area contributed by atoms with Crippen molar-refractivity contribution in [1.29, 1.82) is 0 Å². The number of rotatable bonds is 3. The smallest absolute Gasteiger partial charge is 0.123 e. The minimum atomic E-state index is 0.631. The molecule has 1 aliphatic carbocycles. The molecule has 1 aliphatic heterocycles. The molecule has 0 unspecified atom stereocenters. The van der Waals surface area contributed by atoms with E-state index >= 15 is 0 Å². The molecule has 1 aromatic rings. The van der Waals surface area contributed by atoms with Gasteiger partial charge >= 0.3 is 0 Å². The van der Waals surface area contributed by atoms with Crippen molar-refractivity contribution in [3.8, 4) is 5.75 Å². The van der Waals surface area contributed by atoms with Crippen LogP contribution in [0.3, 0.4) is 0 Å². The van der Waals surface area contributed by atoms with Gasteiger partial charge in [0.2, 0.25) is 0 Å². The average molecular weight is 338 g/mol. The van der Waals surface area contributed by atoms with Crippen LogP contribution in [0.2, 0.25) is 0 Å².